The van der Waals surface area contributed by atoms with Gasteiger partial charge in [-0.05, 0) is 24.1 Å². The lowest BCUT2D eigenvalue weighted by molar-refractivity contribution is 0.194. The van der Waals surface area contributed by atoms with Crippen molar-refractivity contribution < 1.29 is 18.3 Å². The number of aromatic hydroxyl groups is 1. The Kier molecular flexibility index (Phi) is 2.87. The summed E-state index contributed by atoms with van der Waals surface area (Å²) in [6.07, 6.45) is 3.60. The number of benzene rings is 1. The summed E-state index contributed by atoms with van der Waals surface area (Å²) in [5.41, 5.74) is 1.20. The van der Waals surface area contributed by atoms with Crippen molar-refractivity contribution >= 4 is 15.9 Å². The van der Waals surface area contributed by atoms with Crippen molar-refractivity contribution in [1.82, 2.24) is 4.72 Å². The number of nitrogens with zero attached hydrogens (tertiary/aromatic N) is 1. The van der Waals surface area contributed by atoms with Crippen LogP contribution in [0.25, 0.3) is 0 Å². The van der Waals surface area contributed by atoms with E-state index in [4.69, 9.17) is 4.74 Å². The maximum absolute atomic E-state index is 11.7. The maximum Gasteiger partial charge on any atom is 0.327 e. The third-order valence-corrected chi connectivity index (χ3v) is 4.59. The number of hydrogen-bond acceptors (Lipinski definition) is 4. The molecule has 1 atom stereocenters. The van der Waals surface area contributed by atoms with E-state index in [2.05, 4.69) is 4.72 Å². The van der Waals surface area contributed by atoms with E-state index in [1.54, 1.807) is 12.1 Å². The first-order valence-electron chi connectivity index (χ1n) is 5.97. The summed E-state index contributed by atoms with van der Waals surface area (Å²) in [7, 11) is -3.61. The van der Waals surface area contributed by atoms with Crippen LogP contribution in [0.3, 0.4) is 0 Å². The minimum absolute atomic E-state index is 0.0543. The van der Waals surface area contributed by atoms with Crippen LogP contribution in [-0.4, -0.2) is 26.7 Å². The molecule has 2 aliphatic rings. The van der Waals surface area contributed by atoms with Gasteiger partial charge in [-0.1, -0.05) is 6.07 Å². The SMILES string of the molecule is O=S1(=O)NC=CN1c1ccc(C2CCOC2)cc1O. The van der Waals surface area contributed by atoms with Gasteiger partial charge in [0.2, 0.25) is 0 Å². The molecule has 19 heavy (non-hydrogen) atoms. The average molecular weight is 282 g/mol. The van der Waals surface area contributed by atoms with Gasteiger partial charge in [-0.25, -0.2) is 4.31 Å². The van der Waals surface area contributed by atoms with Gasteiger partial charge in [0.15, 0.2) is 0 Å². The van der Waals surface area contributed by atoms with E-state index in [0.29, 0.717) is 6.61 Å². The lowest BCUT2D eigenvalue weighted by Gasteiger charge is -2.17. The van der Waals surface area contributed by atoms with Gasteiger partial charge in [0, 0.05) is 24.9 Å². The van der Waals surface area contributed by atoms with E-state index >= 15 is 0 Å². The number of phenols is 1. The largest absolute Gasteiger partial charge is 0.506 e. The normalized spacial score (nSPS) is 24.6. The predicted molar refractivity (Wildman–Crippen MR) is 70.0 cm³/mol. The Morgan fingerprint density at radius 3 is 2.84 bits per heavy atom. The molecule has 2 heterocycles. The monoisotopic (exact) mass is 282 g/mol. The predicted octanol–water partition coefficient (Wildman–Crippen LogP) is 1.02. The number of phenolic OH excluding ortho intramolecular Hbond substituents is 1. The molecule has 7 heteroatoms. The Labute approximate surface area is 111 Å². The van der Waals surface area contributed by atoms with Crippen molar-refractivity contribution in [3.63, 3.8) is 0 Å². The van der Waals surface area contributed by atoms with Crippen molar-refractivity contribution in [2.24, 2.45) is 0 Å². The summed E-state index contributed by atoms with van der Waals surface area (Å²) in [6, 6.07) is 5.05. The van der Waals surface area contributed by atoms with Crippen LogP contribution < -0.4 is 9.03 Å². The fourth-order valence-electron chi connectivity index (χ4n) is 2.31. The molecule has 2 N–H and O–H groups in total. The van der Waals surface area contributed by atoms with Crippen molar-refractivity contribution in [2.75, 3.05) is 17.5 Å². The van der Waals surface area contributed by atoms with Crippen LogP contribution in [0.2, 0.25) is 0 Å². The third-order valence-electron chi connectivity index (χ3n) is 3.32. The Balaban J connectivity index is 1.94. The molecule has 2 aliphatic heterocycles. The number of rotatable bonds is 2. The lowest BCUT2D eigenvalue weighted by atomic mass is 9.98. The topological polar surface area (TPSA) is 78.9 Å². The van der Waals surface area contributed by atoms with Gasteiger partial charge in [0.25, 0.3) is 0 Å². The summed E-state index contributed by atoms with van der Waals surface area (Å²) < 4.78 is 31.9. The molecule has 0 radical (unpaired) electrons. The van der Waals surface area contributed by atoms with Gasteiger partial charge in [0.05, 0.1) is 12.3 Å². The first kappa shape index (κ1) is 12.3. The summed E-state index contributed by atoms with van der Waals surface area (Å²) in [6.45, 7) is 1.36. The Morgan fingerprint density at radius 1 is 1.42 bits per heavy atom. The summed E-state index contributed by atoms with van der Waals surface area (Å²) >= 11 is 0. The molecule has 1 aromatic carbocycles. The quantitative estimate of drug-likeness (QED) is 0.849. The standard InChI is InChI=1S/C12H14N2O4S/c15-12-7-9(10-3-6-18-8-10)1-2-11(12)14-5-4-13-19(14,16)17/h1-2,4-5,7,10,13,15H,3,6,8H2. The molecular formula is C12H14N2O4S. The van der Waals surface area contributed by atoms with E-state index in [0.717, 1.165) is 22.9 Å². The highest BCUT2D eigenvalue weighted by atomic mass is 32.2. The molecule has 3 rings (SSSR count). The molecule has 1 unspecified atom stereocenters. The van der Waals surface area contributed by atoms with Crippen LogP contribution in [-0.2, 0) is 14.9 Å². The van der Waals surface area contributed by atoms with E-state index in [9.17, 15) is 13.5 Å². The van der Waals surface area contributed by atoms with E-state index in [-0.39, 0.29) is 17.4 Å². The van der Waals surface area contributed by atoms with Gasteiger partial charge < -0.3 is 9.84 Å². The average Bonchev–Trinajstić information content (AvgIpc) is 2.98. The van der Waals surface area contributed by atoms with Crippen molar-refractivity contribution in [1.29, 1.82) is 0 Å². The molecule has 1 aromatic rings. The molecule has 0 spiro atoms. The van der Waals surface area contributed by atoms with Crippen molar-refractivity contribution in [2.45, 2.75) is 12.3 Å². The maximum atomic E-state index is 11.7. The molecule has 102 valence electrons. The Bertz CT molecular complexity index is 621. The van der Waals surface area contributed by atoms with Crippen LogP contribution in [0.15, 0.2) is 30.6 Å². The van der Waals surface area contributed by atoms with Crippen molar-refractivity contribution in [3.8, 4) is 5.75 Å². The number of anilines is 1. The Hall–Kier alpha value is -1.73. The minimum Gasteiger partial charge on any atom is -0.506 e. The summed E-state index contributed by atoms with van der Waals surface area (Å²) in [4.78, 5) is 0. The van der Waals surface area contributed by atoms with Gasteiger partial charge in [0.1, 0.15) is 5.75 Å². The van der Waals surface area contributed by atoms with Crippen LogP contribution in [0, 0.1) is 0 Å². The number of hydrogen-bond donors (Lipinski definition) is 2. The van der Waals surface area contributed by atoms with Gasteiger partial charge in [-0.3, -0.25) is 4.72 Å². The third kappa shape index (κ3) is 2.15. The van der Waals surface area contributed by atoms with E-state index in [1.165, 1.54) is 12.4 Å². The van der Waals surface area contributed by atoms with E-state index in [1.807, 2.05) is 6.07 Å². The van der Waals surface area contributed by atoms with Crippen molar-refractivity contribution in [3.05, 3.63) is 36.2 Å². The van der Waals surface area contributed by atoms with Crippen LogP contribution >= 0.6 is 0 Å². The van der Waals surface area contributed by atoms with E-state index < -0.39 is 10.2 Å². The first-order chi connectivity index (χ1) is 9.08. The summed E-state index contributed by atoms with van der Waals surface area (Å²) in [5, 5.41) is 10.0. The van der Waals surface area contributed by atoms with Crippen LogP contribution in [0.5, 0.6) is 5.75 Å². The van der Waals surface area contributed by atoms with Crippen LogP contribution in [0.4, 0.5) is 5.69 Å². The zero-order valence-electron chi connectivity index (χ0n) is 10.1. The highest BCUT2D eigenvalue weighted by molar-refractivity contribution is 7.91. The molecule has 0 aromatic heterocycles. The second-order valence-electron chi connectivity index (χ2n) is 4.54. The van der Waals surface area contributed by atoms with Crippen LogP contribution in [0.1, 0.15) is 17.9 Å². The minimum atomic E-state index is -3.61. The number of nitrogens with one attached hydrogen (secondary N) is 1. The fraction of sp³-hybridized carbons (Fsp3) is 0.333. The molecule has 6 nitrogen and oxygen atoms in total. The highest BCUT2D eigenvalue weighted by Crippen LogP contribution is 2.35. The second kappa shape index (κ2) is 4.43. The molecule has 0 bridgehead atoms. The molecule has 0 aliphatic carbocycles. The summed E-state index contributed by atoms with van der Waals surface area (Å²) in [5.74, 6) is 0.213. The molecule has 1 fully saturated rings. The fourth-order valence-corrected chi connectivity index (χ4v) is 3.29. The molecule has 0 saturated carbocycles. The smallest absolute Gasteiger partial charge is 0.327 e. The number of ether oxygens (including phenoxy) is 1. The Morgan fingerprint density at radius 2 is 2.26 bits per heavy atom. The molecular weight excluding hydrogens is 268 g/mol. The highest BCUT2D eigenvalue weighted by Gasteiger charge is 2.27. The zero-order valence-corrected chi connectivity index (χ0v) is 10.9. The molecule has 0 amide bonds. The van der Waals surface area contributed by atoms with Gasteiger partial charge >= 0.3 is 10.2 Å². The van der Waals surface area contributed by atoms with Gasteiger partial charge in [-0.2, -0.15) is 8.42 Å². The molecule has 1 saturated heterocycles. The second-order valence-corrected chi connectivity index (χ2v) is 6.12. The zero-order chi connectivity index (χ0) is 13.5. The first-order valence-corrected chi connectivity index (χ1v) is 7.41. The lowest BCUT2D eigenvalue weighted by Crippen LogP contribution is -2.28. The van der Waals surface area contributed by atoms with Gasteiger partial charge in [-0.15, -0.1) is 0 Å².